The largest absolute Gasteiger partial charge is 0.457 e. The van der Waals surface area contributed by atoms with Gasteiger partial charge >= 0.3 is 0 Å². The second-order valence-corrected chi connectivity index (χ2v) is 4.78. The Morgan fingerprint density at radius 3 is 1.82 bits per heavy atom. The minimum Gasteiger partial charge on any atom is -0.457 e. The molecule has 22 heavy (non-hydrogen) atoms. The summed E-state index contributed by atoms with van der Waals surface area (Å²) in [5.74, 6) is 1.50. The molecule has 0 saturated carbocycles. The van der Waals surface area contributed by atoms with Gasteiger partial charge in [0.05, 0.1) is 0 Å². The second-order valence-electron chi connectivity index (χ2n) is 4.78. The Hall–Kier alpha value is -3.07. The van der Waals surface area contributed by atoms with Gasteiger partial charge in [0.2, 0.25) is 6.41 Å². The number of carbonyl (C=O) groups is 1. The minimum absolute atomic E-state index is 0.651. The standard InChI is InChI=1S/C19H15NO2/c21-14-20-17-8-12-19(13-9-17)22-18-10-6-16(7-11-18)15-4-2-1-3-5-15/h1-14H,(H,20,21). The first-order valence-corrected chi connectivity index (χ1v) is 6.99. The van der Waals surface area contributed by atoms with Crippen molar-refractivity contribution in [2.45, 2.75) is 0 Å². The number of ether oxygens (including phenoxy) is 1. The van der Waals surface area contributed by atoms with Crippen LogP contribution in [-0.4, -0.2) is 6.41 Å². The van der Waals surface area contributed by atoms with Gasteiger partial charge in [-0.15, -0.1) is 0 Å². The topological polar surface area (TPSA) is 38.3 Å². The first-order chi connectivity index (χ1) is 10.8. The van der Waals surface area contributed by atoms with Crippen LogP contribution in [0.15, 0.2) is 78.9 Å². The highest BCUT2D eigenvalue weighted by Gasteiger charge is 2.00. The molecule has 0 saturated heterocycles. The molecule has 0 unspecified atom stereocenters. The van der Waals surface area contributed by atoms with Crippen LogP contribution in [0.2, 0.25) is 0 Å². The predicted octanol–water partition coefficient (Wildman–Crippen LogP) is 4.71. The third kappa shape index (κ3) is 3.33. The molecule has 0 aliphatic carbocycles. The molecule has 0 aliphatic rings. The van der Waals surface area contributed by atoms with E-state index in [1.54, 1.807) is 12.1 Å². The van der Waals surface area contributed by atoms with E-state index in [1.165, 1.54) is 5.56 Å². The molecule has 3 aromatic carbocycles. The van der Waals surface area contributed by atoms with Crippen molar-refractivity contribution < 1.29 is 9.53 Å². The van der Waals surface area contributed by atoms with Gasteiger partial charge < -0.3 is 10.1 Å². The van der Waals surface area contributed by atoms with E-state index in [-0.39, 0.29) is 0 Å². The van der Waals surface area contributed by atoms with Crippen LogP contribution >= 0.6 is 0 Å². The van der Waals surface area contributed by atoms with E-state index in [1.807, 2.05) is 54.6 Å². The maximum atomic E-state index is 10.4. The van der Waals surface area contributed by atoms with Crippen molar-refractivity contribution in [1.82, 2.24) is 0 Å². The molecule has 0 aliphatic heterocycles. The highest BCUT2D eigenvalue weighted by molar-refractivity contribution is 5.71. The average Bonchev–Trinajstić information content (AvgIpc) is 2.58. The Kier molecular flexibility index (Phi) is 4.16. The van der Waals surface area contributed by atoms with E-state index in [2.05, 4.69) is 17.4 Å². The molecular weight excluding hydrogens is 274 g/mol. The van der Waals surface area contributed by atoms with Crippen LogP contribution in [0.3, 0.4) is 0 Å². The molecule has 3 aromatic rings. The van der Waals surface area contributed by atoms with Gasteiger partial charge in [0.1, 0.15) is 11.5 Å². The van der Waals surface area contributed by atoms with Crippen LogP contribution in [0.5, 0.6) is 11.5 Å². The molecule has 3 rings (SSSR count). The third-order valence-corrected chi connectivity index (χ3v) is 3.28. The smallest absolute Gasteiger partial charge is 0.211 e. The number of anilines is 1. The van der Waals surface area contributed by atoms with Crippen molar-refractivity contribution in [1.29, 1.82) is 0 Å². The number of nitrogens with one attached hydrogen (secondary N) is 1. The number of amides is 1. The highest BCUT2D eigenvalue weighted by atomic mass is 16.5. The summed E-state index contributed by atoms with van der Waals surface area (Å²) in [5, 5.41) is 2.59. The van der Waals surface area contributed by atoms with Crippen molar-refractivity contribution in [2.24, 2.45) is 0 Å². The summed E-state index contributed by atoms with van der Waals surface area (Å²) in [6.07, 6.45) is 0.651. The van der Waals surface area contributed by atoms with E-state index in [0.29, 0.717) is 6.41 Å². The molecular formula is C19H15NO2. The number of rotatable bonds is 5. The Morgan fingerprint density at radius 1 is 0.682 bits per heavy atom. The lowest BCUT2D eigenvalue weighted by atomic mass is 10.1. The van der Waals surface area contributed by atoms with Gasteiger partial charge in [0, 0.05) is 5.69 Å². The van der Waals surface area contributed by atoms with Crippen molar-refractivity contribution in [3.05, 3.63) is 78.9 Å². The summed E-state index contributed by atoms with van der Waals surface area (Å²) in [4.78, 5) is 10.4. The van der Waals surface area contributed by atoms with Crippen LogP contribution in [-0.2, 0) is 4.79 Å². The van der Waals surface area contributed by atoms with Crippen LogP contribution < -0.4 is 10.1 Å². The molecule has 0 fully saturated rings. The summed E-state index contributed by atoms with van der Waals surface area (Å²) in [6, 6.07) is 25.4. The molecule has 0 radical (unpaired) electrons. The molecule has 0 heterocycles. The van der Waals surface area contributed by atoms with Gasteiger partial charge in [-0.1, -0.05) is 42.5 Å². The van der Waals surface area contributed by atoms with Gasteiger partial charge in [-0.25, -0.2) is 0 Å². The molecule has 0 aromatic heterocycles. The van der Waals surface area contributed by atoms with Gasteiger partial charge in [-0.05, 0) is 47.5 Å². The number of hydrogen-bond acceptors (Lipinski definition) is 2. The van der Waals surface area contributed by atoms with E-state index in [4.69, 9.17) is 4.74 Å². The van der Waals surface area contributed by atoms with Crippen molar-refractivity contribution in [2.75, 3.05) is 5.32 Å². The van der Waals surface area contributed by atoms with Crippen LogP contribution in [0.4, 0.5) is 5.69 Å². The number of benzene rings is 3. The monoisotopic (exact) mass is 289 g/mol. The third-order valence-electron chi connectivity index (χ3n) is 3.28. The summed E-state index contributed by atoms with van der Waals surface area (Å²) < 4.78 is 5.79. The van der Waals surface area contributed by atoms with Crippen LogP contribution in [0.1, 0.15) is 0 Å². The van der Waals surface area contributed by atoms with Crippen LogP contribution in [0, 0.1) is 0 Å². The second kappa shape index (κ2) is 6.59. The molecule has 1 amide bonds. The fourth-order valence-corrected chi connectivity index (χ4v) is 2.17. The molecule has 0 bridgehead atoms. The molecule has 0 atom stereocenters. The van der Waals surface area contributed by atoms with E-state index in [9.17, 15) is 4.79 Å². The Bertz CT molecular complexity index is 735. The van der Waals surface area contributed by atoms with Crippen molar-refractivity contribution in [3.63, 3.8) is 0 Å². The summed E-state index contributed by atoms with van der Waals surface area (Å²) in [6.45, 7) is 0. The van der Waals surface area contributed by atoms with Gasteiger partial charge in [0.25, 0.3) is 0 Å². The normalized spacial score (nSPS) is 10.0. The van der Waals surface area contributed by atoms with Gasteiger partial charge in [-0.3, -0.25) is 4.79 Å². The summed E-state index contributed by atoms with van der Waals surface area (Å²) in [7, 11) is 0. The van der Waals surface area contributed by atoms with Crippen LogP contribution in [0.25, 0.3) is 11.1 Å². The summed E-state index contributed by atoms with van der Waals surface area (Å²) in [5.41, 5.74) is 3.07. The quantitative estimate of drug-likeness (QED) is 0.690. The SMILES string of the molecule is O=CNc1ccc(Oc2ccc(-c3ccccc3)cc2)cc1. The van der Waals surface area contributed by atoms with E-state index >= 15 is 0 Å². The maximum Gasteiger partial charge on any atom is 0.211 e. The molecule has 0 spiro atoms. The fraction of sp³-hybridized carbons (Fsp3) is 0. The van der Waals surface area contributed by atoms with Crippen molar-refractivity contribution in [3.8, 4) is 22.6 Å². The Balaban J connectivity index is 1.72. The molecule has 108 valence electrons. The predicted molar refractivity (Wildman–Crippen MR) is 88.1 cm³/mol. The zero-order valence-corrected chi connectivity index (χ0v) is 11.9. The number of carbonyl (C=O) groups excluding carboxylic acids is 1. The highest BCUT2D eigenvalue weighted by Crippen LogP contribution is 2.26. The van der Waals surface area contributed by atoms with E-state index < -0.39 is 0 Å². The summed E-state index contributed by atoms with van der Waals surface area (Å²) >= 11 is 0. The van der Waals surface area contributed by atoms with Gasteiger partial charge in [0.15, 0.2) is 0 Å². The Morgan fingerprint density at radius 2 is 1.23 bits per heavy atom. The molecule has 1 N–H and O–H groups in total. The maximum absolute atomic E-state index is 10.4. The molecule has 3 nitrogen and oxygen atoms in total. The average molecular weight is 289 g/mol. The minimum atomic E-state index is 0.651. The Labute approximate surface area is 129 Å². The van der Waals surface area contributed by atoms with Crippen molar-refractivity contribution >= 4 is 12.1 Å². The first-order valence-electron chi connectivity index (χ1n) is 6.99. The van der Waals surface area contributed by atoms with E-state index in [0.717, 1.165) is 22.7 Å². The zero-order valence-electron chi connectivity index (χ0n) is 11.9. The zero-order chi connectivity index (χ0) is 15.2. The van der Waals surface area contributed by atoms with Gasteiger partial charge in [-0.2, -0.15) is 0 Å². The lowest BCUT2D eigenvalue weighted by Crippen LogP contribution is -1.93. The first kappa shape index (κ1) is 13.9. The fourth-order valence-electron chi connectivity index (χ4n) is 2.17. The lowest BCUT2D eigenvalue weighted by molar-refractivity contribution is -0.105. The molecule has 3 heteroatoms. The lowest BCUT2D eigenvalue weighted by Gasteiger charge is -2.08. The number of hydrogen-bond donors (Lipinski definition) is 1.